The molecule has 0 unspecified atom stereocenters. The van der Waals surface area contributed by atoms with Gasteiger partial charge in [-0.15, -0.1) is 0 Å². The molecule has 0 fully saturated rings. The summed E-state index contributed by atoms with van der Waals surface area (Å²) in [5.74, 6) is -3.99. The van der Waals surface area contributed by atoms with E-state index in [9.17, 15) is 32.3 Å². The lowest BCUT2D eigenvalue weighted by Gasteiger charge is -2.33. The number of ether oxygens (including phenoxy) is 1. The number of carbonyl (C=O) groups excluding carboxylic acids is 4. The minimum atomic E-state index is -5.08. The second-order valence-corrected chi connectivity index (χ2v) is 9.42. The fraction of sp³-hybridized carbons (Fsp3) is 0.407. The number of Topliss-reactive ketones (excluding diaryl/α,β-unsaturated/α-hetero) is 1. The van der Waals surface area contributed by atoms with Crippen LogP contribution in [0.4, 0.5) is 18.0 Å². The number of ketones is 1. The van der Waals surface area contributed by atoms with Crippen molar-refractivity contribution in [1.82, 2.24) is 15.5 Å². The number of carbonyl (C=O) groups is 4. The summed E-state index contributed by atoms with van der Waals surface area (Å²) in [5, 5.41) is 4.52. The average Bonchev–Trinajstić information content (AvgIpc) is 3.31. The lowest BCUT2D eigenvalue weighted by molar-refractivity contribution is -0.170. The first kappa shape index (κ1) is 28.7. The molecule has 0 radical (unpaired) electrons. The number of halogens is 3. The molecule has 0 spiro atoms. The van der Waals surface area contributed by atoms with Crippen LogP contribution in [0, 0.1) is 5.92 Å². The first-order valence-electron chi connectivity index (χ1n) is 12.2. The maximum absolute atomic E-state index is 13.7. The summed E-state index contributed by atoms with van der Waals surface area (Å²) in [7, 11) is 0. The third kappa shape index (κ3) is 7.80. The van der Waals surface area contributed by atoms with Gasteiger partial charge in [0.1, 0.15) is 12.6 Å². The minimum absolute atomic E-state index is 0.0109. The SMILES string of the molecule is CC(C)[C@H](NC(=O)OCc1ccccc1)C(=O)N(CC(=O)NCC(=O)C(F)(F)F)C1Cc2ccccc2C1. The van der Waals surface area contributed by atoms with Gasteiger partial charge in [0.15, 0.2) is 0 Å². The number of nitrogens with zero attached hydrogens (tertiary/aromatic N) is 1. The molecule has 3 rings (SSSR count). The van der Waals surface area contributed by atoms with Crippen molar-refractivity contribution >= 4 is 23.7 Å². The van der Waals surface area contributed by atoms with Crippen molar-refractivity contribution < 1.29 is 37.1 Å². The number of alkyl halides is 3. The van der Waals surface area contributed by atoms with Crippen molar-refractivity contribution in [1.29, 1.82) is 0 Å². The van der Waals surface area contributed by atoms with Crippen molar-refractivity contribution in [2.45, 2.75) is 51.6 Å². The predicted octanol–water partition coefficient (Wildman–Crippen LogP) is 3.18. The van der Waals surface area contributed by atoms with Gasteiger partial charge >= 0.3 is 12.3 Å². The number of amides is 3. The Labute approximate surface area is 218 Å². The molecule has 2 aromatic rings. The number of nitrogens with one attached hydrogen (secondary N) is 2. The van der Waals surface area contributed by atoms with E-state index in [0.29, 0.717) is 12.8 Å². The second-order valence-electron chi connectivity index (χ2n) is 9.42. The Hall–Kier alpha value is -3.89. The predicted molar refractivity (Wildman–Crippen MR) is 132 cm³/mol. The maximum Gasteiger partial charge on any atom is 0.451 e. The van der Waals surface area contributed by atoms with E-state index in [1.807, 2.05) is 35.6 Å². The van der Waals surface area contributed by atoms with Gasteiger partial charge < -0.3 is 20.3 Å². The van der Waals surface area contributed by atoms with Gasteiger partial charge in [-0.1, -0.05) is 68.4 Å². The highest BCUT2D eigenvalue weighted by molar-refractivity contribution is 5.93. The van der Waals surface area contributed by atoms with Crippen LogP contribution in [0.5, 0.6) is 0 Å². The van der Waals surface area contributed by atoms with Crippen LogP contribution < -0.4 is 10.6 Å². The smallest absolute Gasteiger partial charge is 0.445 e. The van der Waals surface area contributed by atoms with E-state index >= 15 is 0 Å². The molecule has 11 heteroatoms. The van der Waals surface area contributed by atoms with Gasteiger partial charge in [0.2, 0.25) is 11.8 Å². The number of hydrogen-bond donors (Lipinski definition) is 2. The normalized spacial score (nSPS) is 13.9. The number of alkyl carbamates (subject to hydrolysis) is 1. The molecule has 3 amide bonds. The van der Waals surface area contributed by atoms with Crippen molar-refractivity contribution in [3.63, 3.8) is 0 Å². The van der Waals surface area contributed by atoms with Gasteiger partial charge in [0.05, 0.1) is 13.1 Å². The van der Waals surface area contributed by atoms with Crippen molar-refractivity contribution in [2.24, 2.45) is 5.92 Å². The summed E-state index contributed by atoms with van der Waals surface area (Å²) in [5.41, 5.74) is 2.73. The second kappa shape index (κ2) is 12.6. The molecule has 0 saturated heterocycles. The molecule has 1 atom stereocenters. The summed E-state index contributed by atoms with van der Waals surface area (Å²) >= 11 is 0. The van der Waals surface area contributed by atoms with Gasteiger partial charge in [0, 0.05) is 6.04 Å². The van der Waals surface area contributed by atoms with Crippen molar-refractivity contribution in [3.8, 4) is 0 Å². The van der Waals surface area contributed by atoms with Gasteiger partial charge in [0.25, 0.3) is 5.78 Å². The number of benzene rings is 2. The van der Waals surface area contributed by atoms with Crippen LogP contribution in [0.3, 0.4) is 0 Å². The Bertz CT molecular complexity index is 1130. The fourth-order valence-electron chi connectivity index (χ4n) is 4.22. The minimum Gasteiger partial charge on any atom is -0.445 e. The summed E-state index contributed by atoms with van der Waals surface area (Å²) in [6.07, 6.45) is -5.04. The molecule has 2 N–H and O–H groups in total. The van der Waals surface area contributed by atoms with Crippen LogP contribution in [0.15, 0.2) is 54.6 Å². The molecule has 1 aliphatic rings. The standard InChI is InChI=1S/C27H30F3N3O5/c1-17(2)24(32-26(37)38-16-18-8-4-3-5-9-18)25(36)33(15-23(35)31-14-22(34)27(28,29)30)21-12-19-10-6-7-11-20(19)13-21/h3-11,17,21,24H,12-16H2,1-2H3,(H,31,35)(H,32,37)/t24-/m0/s1. The molecule has 2 aromatic carbocycles. The average molecular weight is 534 g/mol. The van der Waals surface area contributed by atoms with Crippen molar-refractivity contribution in [3.05, 3.63) is 71.3 Å². The van der Waals surface area contributed by atoms with Gasteiger partial charge in [-0.2, -0.15) is 13.2 Å². The highest BCUT2D eigenvalue weighted by Crippen LogP contribution is 2.26. The third-order valence-corrected chi connectivity index (χ3v) is 6.25. The first-order valence-corrected chi connectivity index (χ1v) is 12.2. The summed E-state index contributed by atoms with van der Waals surface area (Å²) in [6.45, 7) is 1.61. The largest absolute Gasteiger partial charge is 0.451 e. The van der Waals surface area contributed by atoms with Crippen LogP contribution in [-0.4, -0.2) is 59.9 Å². The Morgan fingerprint density at radius 1 is 0.974 bits per heavy atom. The van der Waals surface area contributed by atoms with Crippen LogP contribution >= 0.6 is 0 Å². The van der Waals surface area contributed by atoms with Gasteiger partial charge in [-0.3, -0.25) is 14.4 Å². The van der Waals surface area contributed by atoms with Gasteiger partial charge in [-0.05, 0) is 35.4 Å². The van der Waals surface area contributed by atoms with E-state index in [0.717, 1.165) is 16.7 Å². The summed E-state index contributed by atoms with van der Waals surface area (Å²) in [6, 6.07) is 14.9. The monoisotopic (exact) mass is 533 g/mol. The maximum atomic E-state index is 13.7. The third-order valence-electron chi connectivity index (χ3n) is 6.25. The van der Waals surface area contributed by atoms with E-state index < -0.39 is 61.0 Å². The van der Waals surface area contributed by atoms with Crippen LogP contribution in [0.2, 0.25) is 0 Å². The van der Waals surface area contributed by atoms with Crippen LogP contribution in [0.25, 0.3) is 0 Å². The number of rotatable bonds is 10. The lowest BCUT2D eigenvalue weighted by Crippen LogP contribution is -2.56. The Balaban J connectivity index is 1.73. The van der Waals surface area contributed by atoms with E-state index in [4.69, 9.17) is 4.74 Å². The molecule has 0 bridgehead atoms. The Morgan fingerprint density at radius 2 is 1.55 bits per heavy atom. The molecular formula is C27H30F3N3O5. The Morgan fingerprint density at radius 3 is 2.11 bits per heavy atom. The zero-order chi connectivity index (χ0) is 27.9. The van der Waals surface area contributed by atoms with E-state index in [1.165, 1.54) is 4.90 Å². The molecule has 1 aliphatic carbocycles. The number of hydrogen-bond acceptors (Lipinski definition) is 5. The molecule has 38 heavy (non-hydrogen) atoms. The molecule has 8 nitrogen and oxygen atoms in total. The Kier molecular flexibility index (Phi) is 9.49. The fourth-order valence-corrected chi connectivity index (χ4v) is 4.22. The zero-order valence-corrected chi connectivity index (χ0v) is 21.1. The first-order chi connectivity index (χ1) is 18.0. The summed E-state index contributed by atoms with van der Waals surface area (Å²) < 4.78 is 42.9. The molecule has 0 aromatic heterocycles. The molecule has 0 saturated carbocycles. The molecule has 0 aliphatic heterocycles. The van der Waals surface area contributed by atoms with Crippen LogP contribution in [-0.2, 0) is 38.6 Å². The van der Waals surface area contributed by atoms with Gasteiger partial charge in [-0.25, -0.2) is 4.79 Å². The van der Waals surface area contributed by atoms with Crippen LogP contribution in [0.1, 0.15) is 30.5 Å². The summed E-state index contributed by atoms with van der Waals surface area (Å²) in [4.78, 5) is 51.2. The number of fused-ring (bicyclic) bond motifs is 1. The van der Waals surface area contributed by atoms with E-state index in [1.54, 1.807) is 38.1 Å². The highest BCUT2D eigenvalue weighted by Gasteiger charge is 2.39. The molecule has 0 heterocycles. The lowest BCUT2D eigenvalue weighted by atomic mass is 10.0. The van der Waals surface area contributed by atoms with Crippen molar-refractivity contribution in [2.75, 3.05) is 13.1 Å². The van der Waals surface area contributed by atoms with E-state index in [2.05, 4.69) is 5.32 Å². The quantitative estimate of drug-likeness (QED) is 0.488. The molecule has 204 valence electrons. The highest BCUT2D eigenvalue weighted by atomic mass is 19.4. The molecular weight excluding hydrogens is 503 g/mol. The van der Waals surface area contributed by atoms with E-state index in [-0.39, 0.29) is 6.61 Å². The topological polar surface area (TPSA) is 105 Å². The zero-order valence-electron chi connectivity index (χ0n) is 21.1.